The van der Waals surface area contributed by atoms with Gasteiger partial charge in [-0.1, -0.05) is 73.7 Å². The number of aromatic nitrogens is 3. The molecular formula is C22H20N4OS. The van der Waals surface area contributed by atoms with Crippen LogP contribution in [0.1, 0.15) is 46.4 Å². The summed E-state index contributed by atoms with van der Waals surface area (Å²) >= 11 is 1.40. The number of rotatable bonds is 5. The highest BCUT2D eigenvalue weighted by molar-refractivity contribution is 7.15. The van der Waals surface area contributed by atoms with Gasteiger partial charge in [-0.15, -0.1) is 10.2 Å². The lowest BCUT2D eigenvalue weighted by Gasteiger charge is -2.11. The molecule has 0 aliphatic rings. The molecule has 2 heterocycles. The summed E-state index contributed by atoms with van der Waals surface area (Å²) in [4.78, 5) is 17.6. The Morgan fingerprint density at radius 1 is 1.04 bits per heavy atom. The van der Waals surface area contributed by atoms with Crippen LogP contribution in [0.25, 0.3) is 10.9 Å². The Balaban J connectivity index is 1.59. The molecule has 0 unspecified atom stereocenters. The van der Waals surface area contributed by atoms with Crippen LogP contribution in [0, 0.1) is 0 Å². The van der Waals surface area contributed by atoms with Gasteiger partial charge in [0.15, 0.2) is 0 Å². The number of anilines is 1. The second-order valence-corrected chi connectivity index (χ2v) is 7.95. The van der Waals surface area contributed by atoms with Crippen molar-refractivity contribution in [3.8, 4) is 0 Å². The molecule has 0 aliphatic carbocycles. The summed E-state index contributed by atoms with van der Waals surface area (Å²) in [5.74, 6) is 0.0399. The number of fused-ring (bicyclic) bond motifs is 1. The molecule has 0 atom stereocenters. The molecule has 4 rings (SSSR count). The average Bonchev–Trinajstić information content (AvgIpc) is 3.14. The zero-order valence-electron chi connectivity index (χ0n) is 15.7. The summed E-state index contributed by atoms with van der Waals surface area (Å²) in [7, 11) is 0. The number of benzene rings is 2. The van der Waals surface area contributed by atoms with Crippen LogP contribution >= 0.6 is 11.3 Å². The lowest BCUT2D eigenvalue weighted by molar-refractivity contribution is 0.102. The van der Waals surface area contributed by atoms with Gasteiger partial charge in [0.05, 0.1) is 11.1 Å². The van der Waals surface area contributed by atoms with Crippen LogP contribution in [0.4, 0.5) is 5.13 Å². The average molecular weight is 388 g/mol. The fourth-order valence-electron chi connectivity index (χ4n) is 2.99. The smallest absolute Gasteiger partial charge is 0.258 e. The summed E-state index contributed by atoms with van der Waals surface area (Å²) in [5.41, 5.74) is 3.49. The van der Waals surface area contributed by atoms with Crippen molar-refractivity contribution in [1.29, 1.82) is 0 Å². The second-order valence-electron chi connectivity index (χ2n) is 6.88. The Morgan fingerprint density at radius 3 is 2.57 bits per heavy atom. The van der Waals surface area contributed by atoms with E-state index in [0.717, 1.165) is 21.6 Å². The molecule has 0 fully saturated rings. The van der Waals surface area contributed by atoms with Crippen molar-refractivity contribution in [3.05, 3.63) is 82.5 Å². The van der Waals surface area contributed by atoms with Crippen LogP contribution in [0.3, 0.4) is 0 Å². The fraction of sp³-hybridized carbons (Fsp3) is 0.182. The molecule has 0 aliphatic heterocycles. The van der Waals surface area contributed by atoms with Crippen LogP contribution in [0.15, 0.2) is 60.7 Å². The van der Waals surface area contributed by atoms with E-state index in [4.69, 9.17) is 0 Å². The van der Waals surface area contributed by atoms with E-state index in [2.05, 4.69) is 46.5 Å². The van der Waals surface area contributed by atoms with E-state index in [1.54, 1.807) is 0 Å². The number of nitrogens with one attached hydrogen (secondary N) is 1. The first-order chi connectivity index (χ1) is 13.6. The number of hydrogen-bond donors (Lipinski definition) is 1. The third-order valence-corrected chi connectivity index (χ3v) is 5.30. The molecule has 0 radical (unpaired) electrons. The van der Waals surface area contributed by atoms with E-state index in [0.29, 0.717) is 17.1 Å². The molecule has 28 heavy (non-hydrogen) atoms. The Hall–Kier alpha value is -3.12. The Bertz CT molecular complexity index is 1120. The predicted octanol–water partition coefficient (Wildman–Crippen LogP) is 5.05. The van der Waals surface area contributed by atoms with Gasteiger partial charge in [-0.2, -0.15) is 0 Å². The minimum atomic E-state index is -0.192. The lowest BCUT2D eigenvalue weighted by atomic mass is 10.0. The van der Waals surface area contributed by atoms with E-state index in [1.165, 1.54) is 16.9 Å². The van der Waals surface area contributed by atoms with Crippen molar-refractivity contribution in [2.45, 2.75) is 26.2 Å². The molecule has 0 bridgehead atoms. The van der Waals surface area contributed by atoms with E-state index < -0.39 is 0 Å². The van der Waals surface area contributed by atoms with Crippen molar-refractivity contribution in [2.24, 2.45) is 0 Å². The first kappa shape index (κ1) is 18.3. The van der Waals surface area contributed by atoms with Gasteiger partial charge in [0, 0.05) is 17.5 Å². The summed E-state index contributed by atoms with van der Waals surface area (Å²) in [5, 5.41) is 13.4. The fourth-order valence-corrected chi connectivity index (χ4v) is 3.76. The van der Waals surface area contributed by atoms with Crippen molar-refractivity contribution >= 4 is 33.3 Å². The monoisotopic (exact) mass is 388 g/mol. The van der Waals surface area contributed by atoms with Crippen LogP contribution < -0.4 is 5.32 Å². The van der Waals surface area contributed by atoms with Crippen LogP contribution in [-0.4, -0.2) is 21.1 Å². The number of carbonyl (C=O) groups is 1. The topological polar surface area (TPSA) is 67.8 Å². The Morgan fingerprint density at radius 2 is 1.79 bits per heavy atom. The Kier molecular flexibility index (Phi) is 5.12. The Labute approximate surface area is 167 Å². The first-order valence-corrected chi connectivity index (χ1v) is 9.99. The zero-order chi connectivity index (χ0) is 19.5. The molecule has 1 N–H and O–H groups in total. The summed E-state index contributed by atoms with van der Waals surface area (Å²) in [6.07, 6.45) is 0.698. The van der Waals surface area contributed by atoms with E-state index >= 15 is 0 Å². The number of hydrogen-bond acceptors (Lipinski definition) is 5. The molecule has 140 valence electrons. The number of nitrogens with zero attached hydrogens (tertiary/aromatic N) is 3. The minimum Gasteiger partial charge on any atom is -0.296 e. The number of amides is 1. The third kappa shape index (κ3) is 3.92. The summed E-state index contributed by atoms with van der Waals surface area (Å²) in [6.45, 7) is 4.14. The first-order valence-electron chi connectivity index (χ1n) is 9.17. The van der Waals surface area contributed by atoms with Gasteiger partial charge in [0.2, 0.25) is 5.13 Å². The molecule has 0 saturated heterocycles. The summed E-state index contributed by atoms with van der Waals surface area (Å²) in [6, 6.07) is 19.7. The van der Waals surface area contributed by atoms with Gasteiger partial charge in [0.25, 0.3) is 5.91 Å². The van der Waals surface area contributed by atoms with Gasteiger partial charge < -0.3 is 0 Å². The number of para-hydroxylation sites is 1. The van der Waals surface area contributed by atoms with Crippen LogP contribution in [0.2, 0.25) is 0 Å². The normalized spacial score (nSPS) is 11.1. The second kappa shape index (κ2) is 7.86. The van der Waals surface area contributed by atoms with Gasteiger partial charge in [0.1, 0.15) is 5.01 Å². The van der Waals surface area contributed by atoms with E-state index in [-0.39, 0.29) is 11.8 Å². The highest BCUT2D eigenvalue weighted by Crippen LogP contribution is 2.24. The minimum absolute atomic E-state index is 0.192. The molecule has 5 nitrogen and oxygen atoms in total. The highest BCUT2D eigenvalue weighted by atomic mass is 32.1. The SMILES string of the molecule is CC(C)c1cc(C(=O)Nc2nnc(Cc3ccccc3)s2)c2ccccc2n1. The lowest BCUT2D eigenvalue weighted by Crippen LogP contribution is -2.13. The van der Waals surface area contributed by atoms with E-state index in [1.807, 2.05) is 48.5 Å². The van der Waals surface area contributed by atoms with Gasteiger partial charge >= 0.3 is 0 Å². The van der Waals surface area contributed by atoms with Gasteiger partial charge in [-0.25, -0.2) is 0 Å². The van der Waals surface area contributed by atoms with Crippen molar-refractivity contribution < 1.29 is 4.79 Å². The quantitative estimate of drug-likeness (QED) is 0.519. The standard InChI is InChI=1S/C22H20N4OS/c1-14(2)19-13-17(16-10-6-7-11-18(16)23-19)21(27)24-22-26-25-20(28-22)12-15-8-4-3-5-9-15/h3-11,13-14H,12H2,1-2H3,(H,24,26,27). The largest absolute Gasteiger partial charge is 0.296 e. The number of carbonyl (C=O) groups excluding carboxylic acids is 1. The van der Waals surface area contributed by atoms with Crippen LogP contribution in [-0.2, 0) is 6.42 Å². The molecule has 0 spiro atoms. The van der Waals surface area contributed by atoms with Crippen molar-refractivity contribution in [1.82, 2.24) is 15.2 Å². The maximum Gasteiger partial charge on any atom is 0.258 e. The highest BCUT2D eigenvalue weighted by Gasteiger charge is 2.16. The molecule has 2 aromatic heterocycles. The number of pyridine rings is 1. The maximum atomic E-state index is 13.0. The molecule has 0 saturated carbocycles. The van der Waals surface area contributed by atoms with Gasteiger partial charge in [-0.05, 0) is 23.6 Å². The van der Waals surface area contributed by atoms with Crippen molar-refractivity contribution in [2.75, 3.05) is 5.32 Å². The molecule has 6 heteroatoms. The molecule has 4 aromatic rings. The molecule has 1 amide bonds. The van der Waals surface area contributed by atoms with Crippen LogP contribution in [0.5, 0.6) is 0 Å². The van der Waals surface area contributed by atoms with Gasteiger partial charge in [-0.3, -0.25) is 15.1 Å². The summed E-state index contributed by atoms with van der Waals surface area (Å²) < 4.78 is 0. The predicted molar refractivity (Wildman–Crippen MR) is 113 cm³/mol. The molecule has 2 aromatic carbocycles. The maximum absolute atomic E-state index is 13.0. The molecular weight excluding hydrogens is 368 g/mol. The van der Waals surface area contributed by atoms with E-state index in [9.17, 15) is 4.79 Å². The van der Waals surface area contributed by atoms with Crippen molar-refractivity contribution in [3.63, 3.8) is 0 Å². The zero-order valence-corrected chi connectivity index (χ0v) is 16.5. The third-order valence-electron chi connectivity index (χ3n) is 4.46.